The molecule has 1 rings (SSSR count). The van der Waals surface area contributed by atoms with Gasteiger partial charge in [0.25, 0.3) is 0 Å². The van der Waals surface area contributed by atoms with Crippen LogP contribution in [0.25, 0.3) is 0 Å². The minimum absolute atomic E-state index is 0.118. The van der Waals surface area contributed by atoms with Crippen LogP contribution >= 0.6 is 0 Å². The first-order chi connectivity index (χ1) is 7.68. The van der Waals surface area contributed by atoms with Gasteiger partial charge in [-0.3, -0.25) is 4.79 Å². The highest BCUT2D eigenvalue weighted by molar-refractivity contribution is 5.66. The van der Waals surface area contributed by atoms with Gasteiger partial charge in [-0.2, -0.15) is 0 Å². The van der Waals surface area contributed by atoms with Crippen molar-refractivity contribution >= 4 is 5.97 Å². The molecule has 0 radical (unpaired) electrons. The Bertz CT molecular complexity index is 270. The Morgan fingerprint density at radius 1 is 1.56 bits per heavy atom. The van der Waals surface area contributed by atoms with Crippen LogP contribution in [0, 0.1) is 11.8 Å². The SMILES string of the molecule is CC(=O)O[C@@H](C)C#CCOC1CCCCO1. The molecule has 1 fully saturated rings. The maximum atomic E-state index is 10.6. The molecule has 0 aromatic rings. The van der Waals surface area contributed by atoms with Gasteiger partial charge in [-0.15, -0.1) is 0 Å². The van der Waals surface area contributed by atoms with Crippen molar-refractivity contribution in [1.82, 2.24) is 0 Å². The molecule has 0 aromatic heterocycles. The van der Waals surface area contributed by atoms with Crippen LogP contribution in [0.3, 0.4) is 0 Å². The molecule has 0 aliphatic carbocycles. The maximum Gasteiger partial charge on any atom is 0.303 e. The Hall–Kier alpha value is -1.05. The van der Waals surface area contributed by atoms with Crippen molar-refractivity contribution in [1.29, 1.82) is 0 Å². The fourth-order valence-corrected chi connectivity index (χ4v) is 1.44. The Labute approximate surface area is 96.2 Å². The highest BCUT2D eigenvalue weighted by atomic mass is 16.7. The number of carbonyl (C=O) groups is 1. The van der Waals surface area contributed by atoms with E-state index in [0.29, 0.717) is 6.61 Å². The second-order valence-electron chi connectivity index (χ2n) is 3.68. The Balaban J connectivity index is 2.13. The first kappa shape index (κ1) is 13.0. The molecule has 0 aromatic carbocycles. The molecule has 1 aliphatic heterocycles. The molecule has 4 nitrogen and oxygen atoms in total. The molecule has 0 amide bonds. The minimum atomic E-state index is -0.381. The third-order valence-electron chi connectivity index (χ3n) is 2.13. The Kier molecular flexibility index (Phi) is 5.91. The molecule has 1 unspecified atom stereocenters. The van der Waals surface area contributed by atoms with Gasteiger partial charge in [0.2, 0.25) is 0 Å². The number of hydrogen-bond acceptors (Lipinski definition) is 4. The summed E-state index contributed by atoms with van der Waals surface area (Å²) in [5, 5.41) is 0. The summed E-state index contributed by atoms with van der Waals surface area (Å²) in [6, 6.07) is 0. The van der Waals surface area contributed by atoms with Crippen LogP contribution in [0.2, 0.25) is 0 Å². The number of carbonyl (C=O) groups excluding carboxylic acids is 1. The van der Waals surface area contributed by atoms with E-state index in [-0.39, 0.29) is 18.4 Å². The lowest BCUT2D eigenvalue weighted by Gasteiger charge is -2.21. The van der Waals surface area contributed by atoms with Crippen LogP contribution in [0.1, 0.15) is 33.1 Å². The number of hydrogen-bond donors (Lipinski definition) is 0. The monoisotopic (exact) mass is 226 g/mol. The predicted molar refractivity (Wildman–Crippen MR) is 58.5 cm³/mol. The third kappa shape index (κ3) is 5.74. The molecule has 0 bridgehead atoms. The van der Waals surface area contributed by atoms with Crippen molar-refractivity contribution in [3.63, 3.8) is 0 Å². The van der Waals surface area contributed by atoms with Crippen molar-refractivity contribution < 1.29 is 19.0 Å². The van der Waals surface area contributed by atoms with E-state index in [1.165, 1.54) is 6.92 Å². The average molecular weight is 226 g/mol. The largest absolute Gasteiger partial charge is 0.450 e. The molecule has 0 spiro atoms. The van der Waals surface area contributed by atoms with E-state index in [2.05, 4.69) is 11.8 Å². The van der Waals surface area contributed by atoms with Gasteiger partial charge in [0.1, 0.15) is 6.61 Å². The summed E-state index contributed by atoms with van der Waals surface area (Å²) >= 11 is 0. The first-order valence-corrected chi connectivity index (χ1v) is 5.57. The van der Waals surface area contributed by atoms with Gasteiger partial charge < -0.3 is 14.2 Å². The van der Waals surface area contributed by atoms with Gasteiger partial charge in [-0.1, -0.05) is 11.8 Å². The highest BCUT2D eigenvalue weighted by Crippen LogP contribution is 2.12. The summed E-state index contributed by atoms with van der Waals surface area (Å²) in [6.45, 7) is 4.17. The summed E-state index contributed by atoms with van der Waals surface area (Å²) in [4.78, 5) is 10.6. The zero-order chi connectivity index (χ0) is 11.8. The number of esters is 1. The smallest absolute Gasteiger partial charge is 0.303 e. The highest BCUT2D eigenvalue weighted by Gasteiger charge is 2.12. The zero-order valence-corrected chi connectivity index (χ0v) is 9.82. The van der Waals surface area contributed by atoms with Crippen molar-refractivity contribution in [3.8, 4) is 11.8 Å². The van der Waals surface area contributed by atoms with Crippen LogP contribution in [-0.4, -0.2) is 31.6 Å². The first-order valence-electron chi connectivity index (χ1n) is 5.57. The fraction of sp³-hybridized carbons (Fsp3) is 0.750. The van der Waals surface area contributed by atoms with Crippen molar-refractivity contribution in [3.05, 3.63) is 0 Å². The molecular formula is C12H18O4. The maximum absolute atomic E-state index is 10.6. The predicted octanol–water partition coefficient (Wildman–Crippen LogP) is 1.48. The molecule has 0 N–H and O–H groups in total. The zero-order valence-electron chi connectivity index (χ0n) is 9.82. The molecule has 4 heteroatoms. The number of ether oxygens (including phenoxy) is 3. The van der Waals surface area contributed by atoms with E-state index in [9.17, 15) is 4.79 Å². The van der Waals surface area contributed by atoms with Gasteiger partial charge >= 0.3 is 5.97 Å². The molecule has 1 heterocycles. The van der Waals surface area contributed by atoms with Crippen molar-refractivity contribution in [2.75, 3.05) is 13.2 Å². The van der Waals surface area contributed by atoms with Crippen molar-refractivity contribution in [2.45, 2.75) is 45.5 Å². The summed E-state index contributed by atoms with van der Waals surface area (Å²) in [5.41, 5.74) is 0. The van der Waals surface area contributed by atoms with Gasteiger partial charge in [-0.25, -0.2) is 0 Å². The van der Waals surface area contributed by atoms with Gasteiger partial charge in [0.05, 0.1) is 0 Å². The van der Waals surface area contributed by atoms with Gasteiger partial charge in [-0.05, 0) is 26.2 Å². The average Bonchev–Trinajstić information content (AvgIpc) is 2.25. The molecule has 16 heavy (non-hydrogen) atoms. The molecule has 0 saturated carbocycles. The summed E-state index contributed by atoms with van der Waals surface area (Å²) in [5.74, 6) is 5.27. The van der Waals surface area contributed by atoms with Crippen LogP contribution in [0.4, 0.5) is 0 Å². The van der Waals surface area contributed by atoms with Crippen LogP contribution < -0.4 is 0 Å². The van der Waals surface area contributed by atoms with E-state index in [1.54, 1.807) is 6.92 Å². The van der Waals surface area contributed by atoms with Crippen LogP contribution in [-0.2, 0) is 19.0 Å². The molecule has 2 atom stereocenters. The molecule has 90 valence electrons. The van der Waals surface area contributed by atoms with E-state index in [0.717, 1.165) is 25.9 Å². The lowest BCUT2D eigenvalue weighted by Crippen LogP contribution is -2.22. The standard InChI is InChI=1S/C12H18O4/c1-10(16-11(2)13)6-5-9-15-12-7-3-4-8-14-12/h10,12H,3-4,7-9H2,1-2H3/t10-,12?/m0/s1. The summed E-state index contributed by atoms with van der Waals surface area (Å²) < 4.78 is 15.6. The normalized spacial score (nSPS) is 21.8. The Morgan fingerprint density at radius 3 is 3.00 bits per heavy atom. The third-order valence-corrected chi connectivity index (χ3v) is 2.13. The van der Waals surface area contributed by atoms with E-state index < -0.39 is 0 Å². The summed E-state index contributed by atoms with van der Waals surface area (Å²) in [7, 11) is 0. The minimum Gasteiger partial charge on any atom is -0.450 e. The Morgan fingerprint density at radius 2 is 2.38 bits per heavy atom. The number of rotatable bonds is 3. The topological polar surface area (TPSA) is 44.8 Å². The fourth-order valence-electron chi connectivity index (χ4n) is 1.44. The summed E-state index contributed by atoms with van der Waals surface area (Å²) in [6.07, 6.45) is 2.68. The molecule has 1 aliphatic rings. The second-order valence-corrected chi connectivity index (χ2v) is 3.68. The van der Waals surface area contributed by atoms with Crippen LogP contribution in [0.5, 0.6) is 0 Å². The molecule has 1 saturated heterocycles. The second kappa shape index (κ2) is 7.26. The van der Waals surface area contributed by atoms with E-state index in [4.69, 9.17) is 14.2 Å². The van der Waals surface area contributed by atoms with Gasteiger partial charge in [0, 0.05) is 13.5 Å². The van der Waals surface area contributed by atoms with Gasteiger partial charge in [0.15, 0.2) is 12.4 Å². The lowest BCUT2D eigenvalue weighted by molar-refractivity contribution is -0.154. The molecular weight excluding hydrogens is 208 g/mol. The van der Waals surface area contributed by atoms with Crippen molar-refractivity contribution in [2.24, 2.45) is 0 Å². The lowest BCUT2D eigenvalue weighted by atomic mass is 10.2. The quantitative estimate of drug-likeness (QED) is 0.540. The van der Waals surface area contributed by atoms with E-state index >= 15 is 0 Å². The van der Waals surface area contributed by atoms with Crippen LogP contribution in [0.15, 0.2) is 0 Å². The van der Waals surface area contributed by atoms with E-state index in [1.807, 2.05) is 0 Å².